The van der Waals surface area contributed by atoms with Crippen LogP contribution in [-0.4, -0.2) is 25.4 Å². The number of halogens is 2. The lowest BCUT2D eigenvalue weighted by Crippen LogP contribution is -2.29. The summed E-state index contributed by atoms with van der Waals surface area (Å²) in [5, 5.41) is 8.46. The summed E-state index contributed by atoms with van der Waals surface area (Å²) in [7, 11) is 1.80. The van der Waals surface area contributed by atoms with Crippen LogP contribution in [0.4, 0.5) is 11.4 Å². The highest BCUT2D eigenvalue weighted by atomic mass is 79.9. The van der Waals surface area contributed by atoms with Gasteiger partial charge in [0.2, 0.25) is 11.8 Å². The number of benzene rings is 1. The van der Waals surface area contributed by atoms with E-state index in [0.29, 0.717) is 17.9 Å². The van der Waals surface area contributed by atoms with E-state index in [9.17, 15) is 9.59 Å². The average molecular weight is 365 g/mol. The maximum absolute atomic E-state index is 12.0. The van der Waals surface area contributed by atoms with Crippen molar-refractivity contribution in [1.82, 2.24) is 5.32 Å². The highest BCUT2D eigenvalue weighted by Gasteiger charge is 2.14. The predicted octanol–water partition coefficient (Wildman–Crippen LogP) is 2.62. The molecule has 0 radical (unpaired) electrons. The third-order valence-corrected chi connectivity index (χ3v) is 3.00. The summed E-state index contributed by atoms with van der Waals surface area (Å²) in [6.45, 7) is 3.86. The van der Waals surface area contributed by atoms with Crippen molar-refractivity contribution in [1.29, 1.82) is 0 Å². The Balaban J connectivity index is 0.00000361. The van der Waals surface area contributed by atoms with Crippen LogP contribution in [0.2, 0.25) is 0 Å². The summed E-state index contributed by atoms with van der Waals surface area (Å²) in [5.74, 6) is -0.436. The molecule has 1 aromatic carbocycles. The van der Waals surface area contributed by atoms with Crippen molar-refractivity contribution in [2.45, 2.75) is 13.8 Å². The quantitative estimate of drug-likeness (QED) is 0.752. The summed E-state index contributed by atoms with van der Waals surface area (Å²) in [6, 6.07) is 5.30. The van der Waals surface area contributed by atoms with Gasteiger partial charge in [0.25, 0.3) is 0 Å². The van der Waals surface area contributed by atoms with Gasteiger partial charge in [-0.05, 0) is 25.2 Å². The molecule has 112 valence electrons. The molecule has 7 heteroatoms. The van der Waals surface area contributed by atoms with Crippen LogP contribution in [0, 0.1) is 5.92 Å². The normalized spacial score (nSPS) is 11.2. The zero-order valence-electron chi connectivity index (χ0n) is 11.6. The number of hydrogen-bond acceptors (Lipinski definition) is 3. The van der Waals surface area contributed by atoms with Crippen molar-refractivity contribution >= 4 is 51.5 Å². The summed E-state index contributed by atoms with van der Waals surface area (Å²) < 4.78 is 0.832. The molecule has 0 aromatic heterocycles. The van der Waals surface area contributed by atoms with Gasteiger partial charge in [-0.15, -0.1) is 12.4 Å². The zero-order chi connectivity index (χ0) is 14.4. The molecule has 1 rings (SSSR count). The van der Waals surface area contributed by atoms with Gasteiger partial charge >= 0.3 is 0 Å². The third kappa shape index (κ3) is 5.90. The van der Waals surface area contributed by atoms with Gasteiger partial charge in [0.1, 0.15) is 0 Å². The first-order chi connectivity index (χ1) is 8.93. The number of carbonyl (C=O) groups is 2. The number of amides is 2. The Morgan fingerprint density at radius 3 is 2.45 bits per heavy atom. The second-order valence-corrected chi connectivity index (χ2v) is 5.23. The number of hydrogen-bond donors (Lipinski definition) is 3. The van der Waals surface area contributed by atoms with E-state index in [4.69, 9.17) is 0 Å². The first kappa shape index (κ1) is 18.9. The Hall–Kier alpha value is -1.11. The van der Waals surface area contributed by atoms with Crippen molar-refractivity contribution < 1.29 is 9.59 Å². The van der Waals surface area contributed by atoms with Gasteiger partial charge in [-0.25, -0.2) is 0 Å². The molecule has 1 atom stereocenters. The van der Waals surface area contributed by atoms with E-state index in [-0.39, 0.29) is 30.1 Å². The van der Waals surface area contributed by atoms with Crippen LogP contribution < -0.4 is 16.0 Å². The standard InChI is InChI=1S/C13H18BrN3O2.ClH/c1-8(7-15-3)13(19)17-12-6-10(14)4-5-11(12)16-9(2)18;/h4-6,8,15H,7H2,1-3H3,(H,16,18)(H,17,19);1H. The van der Waals surface area contributed by atoms with Crippen molar-refractivity contribution in [3.05, 3.63) is 22.7 Å². The largest absolute Gasteiger partial charge is 0.325 e. The highest BCUT2D eigenvalue weighted by molar-refractivity contribution is 9.10. The molecule has 0 bridgehead atoms. The lowest BCUT2D eigenvalue weighted by atomic mass is 10.1. The second kappa shape index (κ2) is 8.94. The molecule has 0 aliphatic carbocycles. The third-order valence-electron chi connectivity index (χ3n) is 2.51. The lowest BCUT2D eigenvalue weighted by Gasteiger charge is -2.15. The number of rotatable bonds is 5. The Kier molecular flexibility index (Phi) is 8.45. The Morgan fingerprint density at radius 1 is 1.25 bits per heavy atom. The van der Waals surface area contributed by atoms with Gasteiger partial charge < -0.3 is 16.0 Å². The van der Waals surface area contributed by atoms with E-state index in [1.54, 1.807) is 25.2 Å². The maximum Gasteiger partial charge on any atom is 0.228 e. The molecule has 2 amide bonds. The molecule has 0 aliphatic rings. The van der Waals surface area contributed by atoms with E-state index in [2.05, 4.69) is 31.9 Å². The zero-order valence-corrected chi connectivity index (χ0v) is 14.0. The number of carbonyl (C=O) groups excluding carboxylic acids is 2. The highest BCUT2D eigenvalue weighted by Crippen LogP contribution is 2.26. The van der Waals surface area contributed by atoms with Gasteiger partial charge in [-0.2, -0.15) is 0 Å². The Morgan fingerprint density at radius 2 is 1.90 bits per heavy atom. The van der Waals surface area contributed by atoms with Gasteiger partial charge in [0.15, 0.2) is 0 Å². The summed E-state index contributed by atoms with van der Waals surface area (Å²) in [4.78, 5) is 23.1. The van der Waals surface area contributed by atoms with E-state index in [1.807, 2.05) is 6.92 Å². The molecule has 1 unspecified atom stereocenters. The van der Waals surface area contributed by atoms with Crippen molar-refractivity contribution in [3.63, 3.8) is 0 Å². The van der Waals surface area contributed by atoms with Crippen molar-refractivity contribution in [3.8, 4) is 0 Å². The predicted molar refractivity (Wildman–Crippen MR) is 87.4 cm³/mol. The second-order valence-electron chi connectivity index (χ2n) is 4.32. The molecular formula is C13H19BrClN3O2. The minimum Gasteiger partial charge on any atom is -0.325 e. The molecule has 0 aliphatic heterocycles. The molecule has 0 spiro atoms. The minimum atomic E-state index is -0.180. The van der Waals surface area contributed by atoms with Crippen molar-refractivity contribution in [2.75, 3.05) is 24.2 Å². The fourth-order valence-corrected chi connectivity index (χ4v) is 1.93. The number of anilines is 2. The fraction of sp³-hybridized carbons (Fsp3) is 0.385. The molecule has 1 aromatic rings. The SMILES string of the molecule is CNCC(C)C(=O)Nc1cc(Br)ccc1NC(C)=O.Cl. The first-order valence-corrected chi connectivity index (χ1v) is 6.76. The van der Waals surface area contributed by atoms with Crippen molar-refractivity contribution in [2.24, 2.45) is 5.92 Å². The Bertz CT molecular complexity index is 483. The Labute approximate surface area is 133 Å². The van der Waals surface area contributed by atoms with Crippen LogP contribution >= 0.6 is 28.3 Å². The molecule has 0 fully saturated rings. The molecule has 0 saturated carbocycles. The topological polar surface area (TPSA) is 70.2 Å². The monoisotopic (exact) mass is 363 g/mol. The smallest absolute Gasteiger partial charge is 0.228 e. The van der Waals surface area contributed by atoms with Gasteiger partial charge in [-0.3, -0.25) is 9.59 Å². The average Bonchev–Trinajstić information content (AvgIpc) is 2.32. The molecule has 0 saturated heterocycles. The summed E-state index contributed by atoms with van der Waals surface area (Å²) in [5.41, 5.74) is 1.17. The lowest BCUT2D eigenvalue weighted by molar-refractivity contribution is -0.119. The summed E-state index contributed by atoms with van der Waals surface area (Å²) >= 11 is 3.34. The van der Waals surface area contributed by atoms with Crippen LogP contribution in [0.5, 0.6) is 0 Å². The van der Waals surface area contributed by atoms with E-state index < -0.39 is 0 Å². The molecule has 0 heterocycles. The van der Waals surface area contributed by atoms with E-state index in [0.717, 1.165) is 4.47 Å². The molecule has 3 N–H and O–H groups in total. The minimum absolute atomic E-state index is 0. The van der Waals surface area contributed by atoms with Crippen LogP contribution in [-0.2, 0) is 9.59 Å². The maximum atomic E-state index is 12.0. The van der Waals surface area contributed by atoms with E-state index in [1.165, 1.54) is 6.92 Å². The van der Waals surface area contributed by atoms with Gasteiger partial charge in [-0.1, -0.05) is 22.9 Å². The summed E-state index contributed by atoms with van der Waals surface area (Å²) in [6.07, 6.45) is 0. The molecule has 20 heavy (non-hydrogen) atoms. The van der Waals surface area contributed by atoms with Crippen LogP contribution in [0.3, 0.4) is 0 Å². The van der Waals surface area contributed by atoms with Gasteiger partial charge in [0.05, 0.1) is 11.4 Å². The fourth-order valence-electron chi connectivity index (χ4n) is 1.57. The molecule has 5 nitrogen and oxygen atoms in total. The first-order valence-electron chi connectivity index (χ1n) is 5.96. The van der Waals surface area contributed by atoms with E-state index >= 15 is 0 Å². The number of nitrogens with one attached hydrogen (secondary N) is 3. The van der Waals surface area contributed by atoms with Crippen LogP contribution in [0.25, 0.3) is 0 Å². The molecular weight excluding hydrogens is 346 g/mol. The van der Waals surface area contributed by atoms with Gasteiger partial charge in [0, 0.05) is 23.9 Å². The van der Waals surface area contributed by atoms with Crippen LogP contribution in [0.1, 0.15) is 13.8 Å². The van der Waals surface area contributed by atoms with Crippen LogP contribution in [0.15, 0.2) is 22.7 Å².